The molecule has 2 heterocycles. The Hall–Kier alpha value is -2.52. The van der Waals surface area contributed by atoms with Crippen LogP contribution >= 0.6 is 11.8 Å². The first kappa shape index (κ1) is 17.3. The molecule has 0 atom stereocenters. The Labute approximate surface area is 151 Å². The third-order valence-electron chi connectivity index (χ3n) is 3.98. The molecule has 0 radical (unpaired) electrons. The highest BCUT2D eigenvalue weighted by molar-refractivity contribution is 7.98. The summed E-state index contributed by atoms with van der Waals surface area (Å²) < 4.78 is 1.96. The van der Waals surface area contributed by atoms with E-state index in [1.54, 1.807) is 18.1 Å². The highest BCUT2D eigenvalue weighted by atomic mass is 32.2. The molecule has 5 nitrogen and oxygen atoms in total. The lowest BCUT2D eigenvalue weighted by molar-refractivity contribution is 0.654. The van der Waals surface area contributed by atoms with Crippen LogP contribution in [0.2, 0.25) is 0 Å². The van der Waals surface area contributed by atoms with Gasteiger partial charge in [-0.05, 0) is 31.9 Å². The van der Waals surface area contributed by atoms with Crippen molar-refractivity contribution in [3.8, 4) is 12.3 Å². The van der Waals surface area contributed by atoms with E-state index in [-0.39, 0.29) is 5.49 Å². The maximum atomic E-state index is 8.01. The number of imidazole rings is 1. The molecule has 0 saturated heterocycles. The second-order valence-electron chi connectivity index (χ2n) is 6.03. The van der Waals surface area contributed by atoms with Gasteiger partial charge in [0.15, 0.2) is 11.1 Å². The van der Waals surface area contributed by atoms with Crippen LogP contribution in [-0.2, 0) is 12.3 Å². The number of benzene rings is 1. The number of terminal acetylenes is 1. The molecule has 0 aliphatic rings. The summed E-state index contributed by atoms with van der Waals surface area (Å²) in [6, 6.07) is 6.46. The molecular weight excluding hydrogens is 330 g/mol. The van der Waals surface area contributed by atoms with E-state index >= 15 is 0 Å². The molecule has 0 unspecified atom stereocenters. The number of aryl methyl sites for hydroxylation is 3. The van der Waals surface area contributed by atoms with Gasteiger partial charge >= 0.3 is 0 Å². The van der Waals surface area contributed by atoms with Crippen molar-refractivity contribution in [3.05, 3.63) is 47.0 Å². The van der Waals surface area contributed by atoms with Crippen LogP contribution in [0.4, 0.5) is 0 Å². The van der Waals surface area contributed by atoms with Gasteiger partial charge in [-0.25, -0.2) is 9.97 Å². The number of hydrogen-bond donors (Lipinski definition) is 2. The Kier molecular flexibility index (Phi) is 5.25. The van der Waals surface area contributed by atoms with Gasteiger partial charge in [0.25, 0.3) is 0 Å². The number of unbranched alkanes of at least 4 members (excludes halogenated alkanes) is 1. The van der Waals surface area contributed by atoms with E-state index in [0.29, 0.717) is 5.52 Å². The topological polar surface area (TPSA) is 70.3 Å². The Morgan fingerprint density at radius 3 is 2.96 bits per heavy atom. The zero-order valence-electron chi connectivity index (χ0n) is 14.5. The molecule has 25 heavy (non-hydrogen) atoms. The first-order chi connectivity index (χ1) is 12.1. The number of H-pyrrole nitrogens is 1. The average molecular weight is 351 g/mol. The molecule has 3 aromatic rings. The third-order valence-corrected chi connectivity index (χ3v) is 5.17. The first-order valence-electron chi connectivity index (χ1n) is 8.20. The van der Waals surface area contributed by atoms with E-state index in [9.17, 15) is 0 Å². The van der Waals surface area contributed by atoms with Crippen LogP contribution in [-0.4, -0.2) is 19.5 Å². The SMILES string of the molecule is C#CCCCn1cnc(=N)c2[nH]c(CSc3ccc(C)cc3C)nc21. The fourth-order valence-corrected chi connectivity index (χ4v) is 3.60. The number of nitrogens with one attached hydrogen (secondary N) is 2. The predicted molar refractivity (Wildman–Crippen MR) is 101 cm³/mol. The minimum absolute atomic E-state index is 0.221. The number of rotatable bonds is 6. The number of fused-ring (bicyclic) bond motifs is 1. The summed E-state index contributed by atoms with van der Waals surface area (Å²) in [5, 5.41) is 8.01. The quantitative estimate of drug-likeness (QED) is 0.405. The minimum Gasteiger partial charge on any atom is -0.337 e. The second-order valence-corrected chi connectivity index (χ2v) is 7.05. The van der Waals surface area contributed by atoms with Gasteiger partial charge in [-0.3, -0.25) is 5.41 Å². The molecule has 0 aliphatic carbocycles. The number of aromatic amines is 1. The van der Waals surface area contributed by atoms with Crippen molar-refractivity contribution in [3.63, 3.8) is 0 Å². The number of aromatic nitrogens is 4. The van der Waals surface area contributed by atoms with Crippen LogP contribution < -0.4 is 5.49 Å². The minimum atomic E-state index is 0.221. The van der Waals surface area contributed by atoms with Gasteiger partial charge in [-0.15, -0.1) is 24.1 Å². The van der Waals surface area contributed by atoms with E-state index in [0.717, 1.165) is 36.6 Å². The van der Waals surface area contributed by atoms with Gasteiger partial charge in [-0.2, -0.15) is 0 Å². The first-order valence-corrected chi connectivity index (χ1v) is 9.19. The van der Waals surface area contributed by atoms with Crippen LogP contribution in [0.15, 0.2) is 29.4 Å². The summed E-state index contributed by atoms with van der Waals surface area (Å²) in [6.45, 7) is 4.98. The molecular formula is C19H21N5S. The summed E-state index contributed by atoms with van der Waals surface area (Å²) in [7, 11) is 0. The molecule has 3 rings (SSSR count). The Bertz CT molecular complexity index is 993. The molecule has 0 bridgehead atoms. The summed E-state index contributed by atoms with van der Waals surface area (Å²) >= 11 is 1.75. The Morgan fingerprint density at radius 2 is 2.20 bits per heavy atom. The molecule has 1 aromatic carbocycles. The molecule has 0 aliphatic heterocycles. The highest BCUT2D eigenvalue weighted by Crippen LogP contribution is 2.26. The van der Waals surface area contributed by atoms with Crippen molar-refractivity contribution in [1.29, 1.82) is 5.41 Å². The molecule has 2 N–H and O–H groups in total. The van der Waals surface area contributed by atoms with Crippen molar-refractivity contribution < 1.29 is 0 Å². The summed E-state index contributed by atoms with van der Waals surface area (Å²) in [4.78, 5) is 13.3. The maximum Gasteiger partial charge on any atom is 0.173 e. The van der Waals surface area contributed by atoms with Crippen molar-refractivity contribution in [2.24, 2.45) is 0 Å². The van der Waals surface area contributed by atoms with Crippen LogP contribution in [0.5, 0.6) is 0 Å². The standard InChI is InChI=1S/C19H21N5S/c1-4-5-6-9-24-12-21-18(20)17-19(24)23-16(22-17)11-25-15-8-7-13(2)10-14(15)3/h1,7-8,10,12,20H,5-6,9,11H2,2-3H3,(H,22,23). The molecule has 0 saturated carbocycles. The van der Waals surface area contributed by atoms with Gasteiger partial charge in [0.1, 0.15) is 11.3 Å². The second kappa shape index (κ2) is 7.58. The lowest BCUT2D eigenvalue weighted by Crippen LogP contribution is -2.12. The van der Waals surface area contributed by atoms with E-state index in [4.69, 9.17) is 11.8 Å². The van der Waals surface area contributed by atoms with Crippen molar-refractivity contribution >= 4 is 22.9 Å². The zero-order valence-corrected chi connectivity index (χ0v) is 15.3. The Morgan fingerprint density at radius 1 is 1.36 bits per heavy atom. The van der Waals surface area contributed by atoms with Gasteiger partial charge in [0, 0.05) is 17.9 Å². The van der Waals surface area contributed by atoms with Crippen molar-refractivity contribution in [2.75, 3.05) is 0 Å². The number of hydrogen-bond acceptors (Lipinski definition) is 4. The fourth-order valence-electron chi connectivity index (χ4n) is 2.72. The number of thioether (sulfide) groups is 1. The van der Waals surface area contributed by atoms with Gasteiger partial charge in [0.2, 0.25) is 0 Å². The Balaban J connectivity index is 1.82. The average Bonchev–Trinajstić information content (AvgIpc) is 3.02. The van der Waals surface area contributed by atoms with E-state index < -0.39 is 0 Å². The lowest BCUT2D eigenvalue weighted by atomic mass is 10.2. The van der Waals surface area contributed by atoms with E-state index in [1.807, 2.05) is 4.57 Å². The van der Waals surface area contributed by atoms with Gasteiger partial charge < -0.3 is 9.55 Å². The normalized spacial score (nSPS) is 10.9. The fraction of sp³-hybridized carbons (Fsp3) is 0.316. The van der Waals surface area contributed by atoms with Gasteiger partial charge in [-0.1, -0.05) is 17.7 Å². The summed E-state index contributed by atoms with van der Waals surface area (Å²) in [5.74, 6) is 4.23. The van der Waals surface area contributed by atoms with Crippen LogP contribution in [0.3, 0.4) is 0 Å². The maximum absolute atomic E-state index is 8.01. The smallest absolute Gasteiger partial charge is 0.173 e. The van der Waals surface area contributed by atoms with Gasteiger partial charge in [0.05, 0.1) is 12.1 Å². The summed E-state index contributed by atoms with van der Waals surface area (Å²) in [5.41, 5.74) is 4.21. The molecule has 0 amide bonds. The molecule has 6 heteroatoms. The zero-order chi connectivity index (χ0) is 17.8. The van der Waals surface area contributed by atoms with Crippen LogP contribution in [0.25, 0.3) is 11.2 Å². The number of nitrogens with zero attached hydrogens (tertiary/aromatic N) is 3. The van der Waals surface area contributed by atoms with Crippen molar-refractivity contribution in [2.45, 2.75) is 43.9 Å². The molecule has 0 fully saturated rings. The molecule has 0 spiro atoms. The predicted octanol–water partition coefficient (Wildman–Crippen LogP) is 3.56. The largest absolute Gasteiger partial charge is 0.337 e. The molecule has 2 aromatic heterocycles. The summed E-state index contributed by atoms with van der Waals surface area (Å²) in [6.07, 6.45) is 8.58. The van der Waals surface area contributed by atoms with Crippen LogP contribution in [0.1, 0.15) is 29.8 Å². The van der Waals surface area contributed by atoms with Crippen LogP contribution in [0, 0.1) is 31.6 Å². The lowest BCUT2D eigenvalue weighted by Gasteiger charge is -2.05. The molecule has 128 valence electrons. The van der Waals surface area contributed by atoms with E-state index in [2.05, 4.69) is 52.9 Å². The third kappa shape index (κ3) is 3.94. The van der Waals surface area contributed by atoms with E-state index in [1.165, 1.54) is 16.0 Å². The monoisotopic (exact) mass is 351 g/mol. The highest BCUT2D eigenvalue weighted by Gasteiger charge is 2.10. The van der Waals surface area contributed by atoms with Crippen molar-refractivity contribution in [1.82, 2.24) is 19.5 Å².